The lowest BCUT2D eigenvalue weighted by molar-refractivity contribution is 0.120. The Morgan fingerprint density at radius 1 is 1.00 bits per heavy atom. The zero-order valence-corrected chi connectivity index (χ0v) is 19.1. The molecule has 6 rings (SSSR count). The number of likely N-dealkylation sites (N-methyl/N-ethyl adjacent to an activating group) is 1. The maximum absolute atomic E-state index is 14.1. The van der Waals surface area contributed by atoms with Crippen LogP contribution in [0.2, 0.25) is 0 Å². The van der Waals surface area contributed by atoms with Crippen LogP contribution >= 0.6 is 0 Å². The third-order valence-electron chi connectivity index (χ3n) is 7.24. The molecular formula is C25H28FN7. The van der Waals surface area contributed by atoms with E-state index in [2.05, 4.69) is 38.0 Å². The topological polar surface area (TPSA) is 52.8 Å². The van der Waals surface area contributed by atoms with Crippen molar-refractivity contribution in [3.8, 4) is 11.1 Å². The second kappa shape index (κ2) is 8.04. The standard InChI is InChI=1S/C25H28FN7/c1-17-11-21-20(3-5-27-24(21)12-23(17)26)22-14-29-33-16-19(13-28-25(22)33)32-6-4-18(15-32)31-9-7-30(2)8-10-31/h3,5,11-14,16,18H,4,6-10,15H2,1-2H3. The largest absolute Gasteiger partial charge is 0.367 e. The van der Waals surface area contributed by atoms with E-state index < -0.39 is 0 Å². The zero-order valence-electron chi connectivity index (χ0n) is 19.1. The maximum atomic E-state index is 14.1. The van der Waals surface area contributed by atoms with Crippen LogP contribution in [0.5, 0.6) is 0 Å². The monoisotopic (exact) mass is 445 g/mol. The van der Waals surface area contributed by atoms with Crippen LogP contribution in [0.25, 0.3) is 27.7 Å². The number of benzene rings is 1. The molecule has 170 valence electrons. The summed E-state index contributed by atoms with van der Waals surface area (Å²) in [4.78, 5) is 16.6. The first-order valence-corrected chi connectivity index (χ1v) is 11.6. The van der Waals surface area contributed by atoms with Crippen LogP contribution < -0.4 is 4.90 Å². The molecule has 33 heavy (non-hydrogen) atoms. The first-order valence-electron chi connectivity index (χ1n) is 11.6. The Morgan fingerprint density at radius 3 is 2.70 bits per heavy atom. The van der Waals surface area contributed by atoms with Crippen LogP contribution in [-0.2, 0) is 0 Å². The van der Waals surface area contributed by atoms with Gasteiger partial charge in [-0.1, -0.05) is 0 Å². The summed E-state index contributed by atoms with van der Waals surface area (Å²) in [5.74, 6) is -0.240. The highest BCUT2D eigenvalue weighted by Gasteiger charge is 2.30. The molecule has 2 aliphatic rings. The number of aromatic nitrogens is 4. The van der Waals surface area contributed by atoms with Crippen molar-refractivity contribution in [2.75, 3.05) is 51.2 Å². The number of aryl methyl sites for hydroxylation is 1. The van der Waals surface area contributed by atoms with Crippen molar-refractivity contribution in [1.82, 2.24) is 29.4 Å². The highest BCUT2D eigenvalue weighted by atomic mass is 19.1. The summed E-state index contributed by atoms with van der Waals surface area (Å²) in [6, 6.07) is 5.91. The molecule has 0 aliphatic carbocycles. The van der Waals surface area contributed by atoms with Gasteiger partial charge in [0.1, 0.15) is 5.82 Å². The van der Waals surface area contributed by atoms with Crippen LogP contribution in [0.4, 0.5) is 10.1 Å². The second-order valence-electron chi connectivity index (χ2n) is 9.34. The average Bonchev–Trinajstić information content (AvgIpc) is 3.47. The first kappa shape index (κ1) is 20.5. The van der Waals surface area contributed by atoms with E-state index in [1.165, 1.54) is 12.5 Å². The van der Waals surface area contributed by atoms with Crippen molar-refractivity contribution >= 4 is 22.2 Å². The van der Waals surface area contributed by atoms with Crippen LogP contribution in [-0.4, -0.2) is 81.7 Å². The molecule has 2 fully saturated rings. The summed E-state index contributed by atoms with van der Waals surface area (Å²) in [5, 5.41) is 5.52. The molecule has 3 aromatic heterocycles. The minimum atomic E-state index is -0.240. The third-order valence-corrected chi connectivity index (χ3v) is 7.24. The highest BCUT2D eigenvalue weighted by molar-refractivity contribution is 5.98. The Kier molecular flexibility index (Phi) is 4.99. The van der Waals surface area contributed by atoms with Gasteiger partial charge in [0.25, 0.3) is 0 Å². The molecule has 8 heteroatoms. The number of pyridine rings is 1. The van der Waals surface area contributed by atoms with Gasteiger partial charge in [0.15, 0.2) is 5.65 Å². The van der Waals surface area contributed by atoms with Gasteiger partial charge in [-0.05, 0) is 43.7 Å². The van der Waals surface area contributed by atoms with E-state index in [0.29, 0.717) is 17.1 Å². The van der Waals surface area contributed by atoms with Crippen LogP contribution in [0.15, 0.2) is 43.0 Å². The Balaban J connectivity index is 1.29. The zero-order chi connectivity index (χ0) is 22.5. The summed E-state index contributed by atoms with van der Waals surface area (Å²) >= 11 is 0. The predicted molar refractivity (Wildman–Crippen MR) is 128 cm³/mol. The number of anilines is 1. The lowest BCUT2D eigenvalue weighted by Crippen LogP contribution is -2.49. The molecule has 0 spiro atoms. The summed E-state index contributed by atoms with van der Waals surface area (Å²) in [7, 11) is 2.20. The third kappa shape index (κ3) is 3.63. The van der Waals surface area contributed by atoms with E-state index in [0.717, 1.165) is 67.1 Å². The van der Waals surface area contributed by atoms with E-state index in [4.69, 9.17) is 4.98 Å². The number of rotatable bonds is 3. The van der Waals surface area contributed by atoms with Gasteiger partial charge in [-0.15, -0.1) is 0 Å². The fourth-order valence-corrected chi connectivity index (χ4v) is 5.19. The molecule has 1 atom stereocenters. The molecule has 2 saturated heterocycles. The van der Waals surface area contributed by atoms with Gasteiger partial charge in [0.2, 0.25) is 0 Å². The predicted octanol–water partition coefficient (Wildman–Crippen LogP) is 3.22. The quantitative estimate of drug-likeness (QED) is 0.483. The summed E-state index contributed by atoms with van der Waals surface area (Å²) in [6.45, 7) is 8.45. The van der Waals surface area contributed by atoms with Gasteiger partial charge in [-0.25, -0.2) is 13.9 Å². The van der Waals surface area contributed by atoms with E-state index in [-0.39, 0.29) is 5.82 Å². The average molecular weight is 446 g/mol. The number of piperazine rings is 1. The van der Waals surface area contributed by atoms with Crippen LogP contribution in [0, 0.1) is 12.7 Å². The van der Waals surface area contributed by atoms with Crippen molar-refractivity contribution in [1.29, 1.82) is 0 Å². The number of fused-ring (bicyclic) bond motifs is 2. The van der Waals surface area contributed by atoms with Crippen molar-refractivity contribution in [3.63, 3.8) is 0 Å². The van der Waals surface area contributed by atoms with Crippen molar-refractivity contribution in [3.05, 3.63) is 54.4 Å². The Hall–Kier alpha value is -3.10. The SMILES string of the molecule is Cc1cc2c(-c3cnn4cc(N5CCC(N6CCN(C)CC6)C5)cnc34)ccnc2cc1F. The van der Waals surface area contributed by atoms with Crippen molar-refractivity contribution < 1.29 is 4.39 Å². The number of hydrogen-bond acceptors (Lipinski definition) is 6. The van der Waals surface area contributed by atoms with Crippen LogP contribution in [0.1, 0.15) is 12.0 Å². The molecule has 0 N–H and O–H groups in total. The number of nitrogens with zero attached hydrogens (tertiary/aromatic N) is 7. The highest BCUT2D eigenvalue weighted by Crippen LogP contribution is 2.32. The van der Waals surface area contributed by atoms with E-state index in [1.807, 2.05) is 29.0 Å². The molecular weight excluding hydrogens is 417 g/mol. The van der Waals surface area contributed by atoms with Gasteiger partial charge >= 0.3 is 0 Å². The van der Waals surface area contributed by atoms with Crippen molar-refractivity contribution in [2.24, 2.45) is 0 Å². The smallest absolute Gasteiger partial charge is 0.162 e. The summed E-state index contributed by atoms with van der Waals surface area (Å²) in [5.41, 5.74) is 5.03. The Morgan fingerprint density at radius 2 is 1.85 bits per heavy atom. The lowest BCUT2D eigenvalue weighted by atomic mass is 10.0. The van der Waals surface area contributed by atoms with Crippen LogP contribution in [0.3, 0.4) is 0 Å². The molecule has 4 aromatic rings. The minimum Gasteiger partial charge on any atom is -0.367 e. The Labute approximate surface area is 192 Å². The number of halogens is 1. The summed E-state index contributed by atoms with van der Waals surface area (Å²) < 4.78 is 15.9. The summed E-state index contributed by atoms with van der Waals surface area (Å²) in [6.07, 6.45) is 8.78. The molecule has 0 bridgehead atoms. The molecule has 0 radical (unpaired) electrons. The van der Waals surface area contributed by atoms with E-state index in [9.17, 15) is 4.39 Å². The minimum absolute atomic E-state index is 0.240. The fourth-order valence-electron chi connectivity index (χ4n) is 5.19. The van der Waals surface area contributed by atoms with Gasteiger partial charge in [0, 0.05) is 68.5 Å². The van der Waals surface area contributed by atoms with Gasteiger partial charge < -0.3 is 9.80 Å². The fraction of sp³-hybridized carbons (Fsp3) is 0.400. The molecule has 0 saturated carbocycles. The Bertz CT molecular complexity index is 1330. The van der Waals surface area contributed by atoms with E-state index in [1.54, 1.807) is 13.1 Å². The molecule has 1 aromatic carbocycles. The first-order chi connectivity index (χ1) is 16.1. The molecule has 1 unspecified atom stereocenters. The normalized spacial score (nSPS) is 20.3. The second-order valence-corrected chi connectivity index (χ2v) is 9.34. The van der Waals surface area contributed by atoms with Gasteiger partial charge in [0.05, 0.1) is 29.8 Å². The molecule has 5 heterocycles. The van der Waals surface area contributed by atoms with Gasteiger partial charge in [-0.3, -0.25) is 9.88 Å². The molecule has 7 nitrogen and oxygen atoms in total. The maximum Gasteiger partial charge on any atom is 0.162 e. The lowest BCUT2D eigenvalue weighted by Gasteiger charge is -2.36. The van der Waals surface area contributed by atoms with Gasteiger partial charge in [-0.2, -0.15) is 5.10 Å². The molecule has 0 amide bonds. The van der Waals surface area contributed by atoms with E-state index >= 15 is 0 Å². The molecule has 2 aliphatic heterocycles. The number of hydrogen-bond donors (Lipinski definition) is 0. The van der Waals surface area contributed by atoms with Crippen molar-refractivity contribution in [2.45, 2.75) is 19.4 Å².